The average molecular weight is 780 g/mol. The lowest BCUT2D eigenvalue weighted by Crippen LogP contribution is -2.20. The Morgan fingerprint density at radius 3 is 1.11 bits per heavy atom. The molecule has 0 aromatic heterocycles. The highest BCUT2D eigenvalue weighted by Crippen LogP contribution is 2.22. The predicted octanol–water partition coefficient (Wildman–Crippen LogP) is 13.7. The molecule has 0 fully saturated rings. The van der Waals surface area contributed by atoms with Crippen molar-refractivity contribution in [2.75, 3.05) is 33.9 Å². The fraction of sp³-hybridized carbons (Fsp3) is 0.938. The van der Waals surface area contributed by atoms with E-state index in [1.165, 1.54) is 122 Å². The van der Waals surface area contributed by atoms with Crippen LogP contribution in [0.2, 0.25) is 0 Å². The minimum absolute atomic E-state index is 0.0681. The quantitative estimate of drug-likeness (QED) is 0.0347. The molecule has 0 radical (unpaired) electrons. The highest BCUT2D eigenvalue weighted by atomic mass is 16.5. The van der Waals surface area contributed by atoms with Gasteiger partial charge in [-0.05, 0) is 103 Å². The normalized spacial score (nSPS) is 12.7. The molecule has 0 aromatic carbocycles. The monoisotopic (exact) mass is 780 g/mol. The smallest absolute Gasteiger partial charge is 0.306 e. The van der Waals surface area contributed by atoms with Crippen LogP contribution < -0.4 is 0 Å². The first kappa shape index (κ1) is 53.4. The summed E-state index contributed by atoms with van der Waals surface area (Å²) in [6, 6.07) is 0. The number of hydrogen-bond acceptors (Lipinski definition) is 7. The molecule has 0 aliphatic carbocycles. The van der Waals surface area contributed by atoms with Crippen molar-refractivity contribution in [3.63, 3.8) is 0 Å². The van der Waals surface area contributed by atoms with E-state index >= 15 is 0 Å². The van der Waals surface area contributed by atoms with Crippen molar-refractivity contribution >= 4 is 17.9 Å². The maximum atomic E-state index is 12.7. The maximum absolute atomic E-state index is 12.7. The molecule has 0 amide bonds. The summed E-state index contributed by atoms with van der Waals surface area (Å²) < 4.78 is 17.5. The third kappa shape index (κ3) is 37.7. The molecule has 0 aliphatic rings. The van der Waals surface area contributed by atoms with Gasteiger partial charge in [-0.3, -0.25) is 14.4 Å². The SMILES string of the molecule is CCCCCCCC(CCCCCC)COC(=O)CCCCCC(CCCCCC(=O)OCC(CCCCCC)CCCCCC)OC(=O)CCCN(C)C. The van der Waals surface area contributed by atoms with Crippen LogP contribution in [0.25, 0.3) is 0 Å². The zero-order valence-corrected chi connectivity index (χ0v) is 37.6. The van der Waals surface area contributed by atoms with Gasteiger partial charge in [-0.2, -0.15) is 0 Å². The molecule has 2 unspecified atom stereocenters. The summed E-state index contributed by atoms with van der Waals surface area (Å²) in [5.74, 6) is 0.723. The van der Waals surface area contributed by atoms with E-state index in [0.29, 0.717) is 44.3 Å². The van der Waals surface area contributed by atoms with Gasteiger partial charge in [0.05, 0.1) is 13.2 Å². The van der Waals surface area contributed by atoms with Gasteiger partial charge in [0.15, 0.2) is 0 Å². The lowest BCUT2D eigenvalue weighted by Gasteiger charge is -2.19. The van der Waals surface area contributed by atoms with E-state index in [1.807, 2.05) is 14.1 Å². The van der Waals surface area contributed by atoms with Crippen molar-refractivity contribution in [2.24, 2.45) is 11.8 Å². The van der Waals surface area contributed by atoms with Crippen LogP contribution in [0.4, 0.5) is 0 Å². The first-order valence-corrected chi connectivity index (χ1v) is 23.9. The zero-order chi connectivity index (χ0) is 40.6. The van der Waals surface area contributed by atoms with Crippen LogP contribution in [0.1, 0.15) is 240 Å². The van der Waals surface area contributed by atoms with Crippen molar-refractivity contribution in [3.05, 3.63) is 0 Å². The molecule has 7 nitrogen and oxygen atoms in total. The Bertz CT molecular complexity index is 851. The lowest BCUT2D eigenvalue weighted by molar-refractivity contribution is -0.150. The molecule has 326 valence electrons. The van der Waals surface area contributed by atoms with Gasteiger partial charge in [0.25, 0.3) is 0 Å². The van der Waals surface area contributed by atoms with Crippen molar-refractivity contribution in [1.82, 2.24) is 4.90 Å². The molecule has 7 heteroatoms. The molecule has 0 saturated carbocycles. The number of ether oxygens (including phenoxy) is 3. The number of rotatable bonds is 42. The van der Waals surface area contributed by atoms with Crippen LogP contribution in [0.3, 0.4) is 0 Å². The van der Waals surface area contributed by atoms with E-state index in [9.17, 15) is 14.4 Å². The Morgan fingerprint density at radius 2 is 0.727 bits per heavy atom. The van der Waals surface area contributed by atoms with Crippen LogP contribution in [0, 0.1) is 11.8 Å². The van der Waals surface area contributed by atoms with Gasteiger partial charge in [-0.15, -0.1) is 0 Å². The zero-order valence-electron chi connectivity index (χ0n) is 37.6. The van der Waals surface area contributed by atoms with Crippen LogP contribution >= 0.6 is 0 Å². The third-order valence-electron chi connectivity index (χ3n) is 11.2. The molecule has 2 atom stereocenters. The highest BCUT2D eigenvalue weighted by molar-refractivity contribution is 5.70. The van der Waals surface area contributed by atoms with Crippen molar-refractivity contribution in [2.45, 2.75) is 246 Å². The Kier molecular flexibility index (Phi) is 39.4. The van der Waals surface area contributed by atoms with Crippen LogP contribution in [-0.4, -0.2) is 62.8 Å². The number of carbonyl (C=O) groups is 3. The van der Waals surface area contributed by atoms with E-state index in [-0.39, 0.29) is 24.0 Å². The van der Waals surface area contributed by atoms with Crippen LogP contribution in [0.5, 0.6) is 0 Å². The number of esters is 3. The van der Waals surface area contributed by atoms with Crippen molar-refractivity contribution in [1.29, 1.82) is 0 Å². The summed E-state index contributed by atoms with van der Waals surface area (Å²) in [6.45, 7) is 11.0. The Balaban J connectivity index is 4.66. The maximum Gasteiger partial charge on any atom is 0.306 e. The summed E-state index contributed by atoms with van der Waals surface area (Å²) in [5.41, 5.74) is 0. The lowest BCUT2D eigenvalue weighted by atomic mass is 9.95. The molecule has 0 N–H and O–H groups in total. The first-order valence-electron chi connectivity index (χ1n) is 23.9. The van der Waals surface area contributed by atoms with Crippen LogP contribution in [0.15, 0.2) is 0 Å². The van der Waals surface area contributed by atoms with Gasteiger partial charge < -0.3 is 19.1 Å². The van der Waals surface area contributed by atoms with E-state index in [0.717, 1.165) is 77.2 Å². The highest BCUT2D eigenvalue weighted by Gasteiger charge is 2.17. The van der Waals surface area contributed by atoms with Gasteiger partial charge in [-0.1, -0.05) is 150 Å². The second-order valence-electron chi connectivity index (χ2n) is 17.1. The molecule has 0 spiro atoms. The molecule has 0 rings (SSSR count). The Labute approximate surface area is 341 Å². The van der Waals surface area contributed by atoms with E-state index < -0.39 is 0 Å². The summed E-state index contributed by atoms with van der Waals surface area (Å²) >= 11 is 0. The molecular formula is C48H93NO6. The summed E-state index contributed by atoms with van der Waals surface area (Å²) in [4.78, 5) is 40.1. The van der Waals surface area contributed by atoms with E-state index in [2.05, 4.69) is 32.6 Å². The number of hydrogen-bond donors (Lipinski definition) is 0. The summed E-state index contributed by atoms with van der Waals surface area (Å²) in [7, 11) is 4.04. The molecule has 0 heterocycles. The molecule has 55 heavy (non-hydrogen) atoms. The van der Waals surface area contributed by atoms with Gasteiger partial charge in [0, 0.05) is 19.3 Å². The van der Waals surface area contributed by atoms with Crippen LogP contribution in [-0.2, 0) is 28.6 Å². The van der Waals surface area contributed by atoms with Gasteiger partial charge >= 0.3 is 17.9 Å². The topological polar surface area (TPSA) is 82.1 Å². The fourth-order valence-corrected chi connectivity index (χ4v) is 7.49. The largest absolute Gasteiger partial charge is 0.465 e. The third-order valence-corrected chi connectivity index (χ3v) is 11.2. The number of nitrogens with zero attached hydrogens (tertiary/aromatic N) is 1. The Hall–Kier alpha value is -1.63. The van der Waals surface area contributed by atoms with E-state index in [4.69, 9.17) is 14.2 Å². The number of carbonyl (C=O) groups excluding carboxylic acids is 3. The molecule has 0 aromatic rings. The van der Waals surface area contributed by atoms with Crippen molar-refractivity contribution < 1.29 is 28.6 Å². The summed E-state index contributed by atoms with van der Waals surface area (Å²) in [6.07, 6.45) is 35.1. The average Bonchev–Trinajstić information content (AvgIpc) is 3.16. The van der Waals surface area contributed by atoms with Crippen molar-refractivity contribution in [3.8, 4) is 0 Å². The van der Waals surface area contributed by atoms with E-state index in [1.54, 1.807) is 0 Å². The predicted molar refractivity (Wildman–Crippen MR) is 232 cm³/mol. The summed E-state index contributed by atoms with van der Waals surface area (Å²) in [5, 5.41) is 0. The minimum atomic E-state index is -0.118. The fourth-order valence-electron chi connectivity index (χ4n) is 7.49. The second kappa shape index (κ2) is 40.6. The molecule has 0 bridgehead atoms. The van der Waals surface area contributed by atoms with Gasteiger partial charge in [-0.25, -0.2) is 0 Å². The standard InChI is InChI=1S/C48H93NO6/c1-7-11-15-19-25-34-44(33-24-18-14-10-4)42-54-47(51)38-29-21-27-36-45(55-48(52)39-30-40-49(5)6)35-26-20-28-37-46(50)53-41-43(31-22-16-12-8-2)32-23-17-13-9-3/h43-45H,7-42H2,1-6H3. The molecular weight excluding hydrogens is 687 g/mol. The minimum Gasteiger partial charge on any atom is -0.465 e. The number of unbranched alkanes of at least 4 members (excludes halogenated alkanes) is 17. The Morgan fingerprint density at radius 1 is 0.400 bits per heavy atom. The molecule has 0 aliphatic heterocycles. The van der Waals surface area contributed by atoms with Gasteiger partial charge in [0.1, 0.15) is 6.10 Å². The van der Waals surface area contributed by atoms with Gasteiger partial charge in [0.2, 0.25) is 0 Å². The first-order chi connectivity index (χ1) is 26.7. The molecule has 0 saturated heterocycles. The second-order valence-corrected chi connectivity index (χ2v) is 17.1.